The molecule has 7 heteroatoms. The zero-order chi connectivity index (χ0) is 18.0. The molecule has 6 nitrogen and oxygen atoms in total. The number of halogens is 1. The second-order valence-corrected chi connectivity index (χ2v) is 7.39. The van der Waals surface area contributed by atoms with Gasteiger partial charge in [-0.2, -0.15) is 0 Å². The minimum Gasteiger partial charge on any atom is -0.377 e. The minimum atomic E-state index is -1.76. The van der Waals surface area contributed by atoms with Crippen LogP contribution in [0.3, 0.4) is 0 Å². The Labute approximate surface area is 144 Å². The molecule has 2 fully saturated rings. The number of Topliss-reactive ketones (excluding diaryl/α,β-unsaturated/α-hetero) is 1. The Bertz CT molecular complexity index is 764. The zero-order valence-electron chi connectivity index (χ0n) is 14.1. The van der Waals surface area contributed by atoms with Crippen LogP contribution < -0.4 is 0 Å². The molecule has 1 N–H and O–H groups in total. The highest BCUT2D eigenvalue weighted by molar-refractivity contribution is 5.92. The third-order valence-electron chi connectivity index (χ3n) is 5.20. The van der Waals surface area contributed by atoms with Gasteiger partial charge in [-0.05, 0) is 37.1 Å². The van der Waals surface area contributed by atoms with Gasteiger partial charge in [-0.3, -0.25) is 9.59 Å². The van der Waals surface area contributed by atoms with Gasteiger partial charge in [0.1, 0.15) is 17.5 Å². The SMILES string of the molecule is CC1(C)OC2CC(=O)C3(O)CCN(Cc4cc(F)ccc43)C(=O)C2O1. The van der Waals surface area contributed by atoms with Gasteiger partial charge in [0.05, 0.1) is 0 Å². The zero-order valence-corrected chi connectivity index (χ0v) is 14.1. The number of carbonyl (C=O) groups excluding carboxylic acids is 2. The molecular weight excluding hydrogens is 329 g/mol. The lowest BCUT2D eigenvalue weighted by Crippen LogP contribution is -2.44. The molecule has 134 valence electrons. The highest BCUT2D eigenvalue weighted by atomic mass is 19.1. The number of ketones is 1. The van der Waals surface area contributed by atoms with Crippen LogP contribution in [-0.4, -0.2) is 46.2 Å². The summed E-state index contributed by atoms with van der Waals surface area (Å²) in [7, 11) is 0. The summed E-state index contributed by atoms with van der Waals surface area (Å²) in [5, 5.41) is 11.2. The fourth-order valence-corrected chi connectivity index (χ4v) is 4.02. The molecule has 3 heterocycles. The fourth-order valence-electron chi connectivity index (χ4n) is 4.02. The van der Waals surface area contributed by atoms with Crippen LogP contribution in [0.5, 0.6) is 0 Å². The number of aliphatic hydroxyl groups is 1. The van der Waals surface area contributed by atoms with E-state index in [1.54, 1.807) is 13.8 Å². The Hall–Kier alpha value is -1.83. The van der Waals surface area contributed by atoms with Crippen molar-refractivity contribution in [3.8, 4) is 0 Å². The van der Waals surface area contributed by atoms with Gasteiger partial charge in [-0.1, -0.05) is 6.07 Å². The molecule has 2 bridgehead atoms. The van der Waals surface area contributed by atoms with Gasteiger partial charge in [0.25, 0.3) is 5.91 Å². The predicted molar refractivity (Wildman–Crippen MR) is 83.8 cm³/mol. The van der Waals surface area contributed by atoms with Crippen molar-refractivity contribution >= 4 is 11.7 Å². The van der Waals surface area contributed by atoms with Crippen LogP contribution in [0.1, 0.15) is 37.8 Å². The monoisotopic (exact) mass is 349 g/mol. The van der Waals surface area contributed by atoms with Crippen LogP contribution in [-0.2, 0) is 31.2 Å². The Kier molecular flexibility index (Phi) is 3.55. The quantitative estimate of drug-likeness (QED) is 0.763. The van der Waals surface area contributed by atoms with Gasteiger partial charge in [-0.25, -0.2) is 4.39 Å². The van der Waals surface area contributed by atoms with Gasteiger partial charge < -0.3 is 19.5 Å². The summed E-state index contributed by atoms with van der Waals surface area (Å²) in [6.07, 6.45) is -1.72. The predicted octanol–water partition coefficient (Wildman–Crippen LogP) is 1.24. The van der Waals surface area contributed by atoms with Crippen molar-refractivity contribution in [2.45, 2.75) is 56.8 Å². The molecule has 2 saturated heterocycles. The van der Waals surface area contributed by atoms with E-state index in [1.165, 1.54) is 23.1 Å². The first kappa shape index (κ1) is 16.6. The van der Waals surface area contributed by atoms with Crippen molar-refractivity contribution in [2.75, 3.05) is 6.54 Å². The molecule has 1 aromatic carbocycles. The lowest BCUT2D eigenvalue weighted by molar-refractivity contribution is -0.164. The molecule has 3 aliphatic heterocycles. The molecule has 0 aliphatic carbocycles. The summed E-state index contributed by atoms with van der Waals surface area (Å²) < 4.78 is 25.2. The molecule has 25 heavy (non-hydrogen) atoms. The average Bonchev–Trinajstić information content (AvgIpc) is 2.76. The lowest BCUT2D eigenvalue weighted by Gasteiger charge is -2.28. The number of hydrogen-bond acceptors (Lipinski definition) is 5. The first-order valence-corrected chi connectivity index (χ1v) is 8.39. The summed E-state index contributed by atoms with van der Waals surface area (Å²) in [5.41, 5.74) is -0.951. The highest BCUT2D eigenvalue weighted by Crippen LogP contribution is 2.40. The van der Waals surface area contributed by atoms with E-state index in [-0.39, 0.29) is 31.8 Å². The van der Waals surface area contributed by atoms with Crippen LogP contribution in [0.4, 0.5) is 4.39 Å². The van der Waals surface area contributed by atoms with Gasteiger partial charge in [-0.15, -0.1) is 0 Å². The van der Waals surface area contributed by atoms with Gasteiger partial charge in [0.2, 0.25) is 0 Å². The maximum atomic E-state index is 13.7. The van der Waals surface area contributed by atoms with Crippen LogP contribution in [0, 0.1) is 5.82 Å². The van der Waals surface area contributed by atoms with E-state index in [4.69, 9.17) is 9.47 Å². The second kappa shape index (κ2) is 5.33. The molecule has 1 amide bonds. The highest BCUT2D eigenvalue weighted by Gasteiger charge is 2.52. The summed E-state index contributed by atoms with van der Waals surface area (Å²) >= 11 is 0. The van der Waals surface area contributed by atoms with Crippen molar-refractivity contribution in [2.24, 2.45) is 0 Å². The Morgan fingerprint density at radius 1 is 1.28 bits per heavy atom. The summed E-state index contributed by atoms with van der Waals surface area (Å²) in [4.78, 5) is 27.4. The van der Waals surface area contributed by atoms with Crippen molar-refractivity contribution < 1.29 is 28.6 Å². The van der Waals surface area contributed by atoms with Crippen LogP contribution in [0.15, 0.2) is 18.2 Å². The molecule has 3 aliphatic rings. The van der Waals surface area contributed by atoms with E-state index in [0.717, 1.165) is 0 Å². The Morgan fingerprint density at radius 3 is 2.80 bits per heavy atom. The van der Waals surface area contributed by atoms with Crippen molar-refractivity contribution in [3.05, 3.63) is 35.1 Å². The van der Waals surface area contributed by atoms with E-state index in [0.29, 0.717) is 11.1 Å². The Morgan fingerprint density at radius 2 is 2.04 bits per heavy atom. The van der Waals surface area contributed by atoms with Gasteiger partial charge in [0.15, 0.2) is 17.7 Å². The number of nitrogens with zero attached hydrogens (tertiary/aromatic N) is 1. The second-order valence-electron chi connectivity index (χ2n) is 7.39. The number of benzene rings is 1. The summed E-state index contributed by atoms with van der Waals surface area (Å²) in [6.45, 7) is 3.67. The largest absolute Gasteiger partial charge is 0.377 e. The number of amides is 1. The number of ether oxygens (including phenoxy) is 2. The molecule has 0 aromatic heterocycles. The molecule has 3 atom stereocenters. The van der Waals surface area contributed by atoms with Crippen LogP contribution in [0.25, 0.3) is 0 Å². The molecule has 0 radical (unpaired) electrons. The minimum absolute atomic E-state index is 0.0685. The van der Waals surface area contributed by atoms with E-state index >= 15 is 0 Å². The lowest BCUT2D eigenvalue weighted by atomic mass is 9.82. The first-order valence-electron chi connectivity index (χ1n) is 8.39. The molecule has 1 aromatic rings. The first-order chi connectivity index (χ1) is 11.7. The third-order valence-corrected chi connectivity index (χ3v) is 5.20. The smallest absolute Gasteiger partial charge is 0.254 e. The molecule has 0 saturated carbocycles. The number of rotatable bonds is 0. The Balaban J connectivity index is 1.84. The molecule has 0 spiro atoms. The summed E-state index contributed by atoms with van der Waals surface area (Å²) in [5.74, 6) is -2.20. The third kappa shape index (κ3) is 2.58. The number of fused-ring (bicyclic) bond motifs is 6. The molecule has 3 unspecified atom stereocenters. The van der Waals surface area contributed by atoms with Crippen LogP contribution >= 0.6 is 0 Å². The number of carbonyl (C=O) groups is 2. The molecular formula is C18H20FNO5. The van der Waals surface area contributed by atoms with E-state index < -0.39 is 35.2 Å². The topological polar surface area (TPSA) is 76.1 Å². The number of hydrogen-bond donors (Lipinski definition) is 1. The normalized spacial score (nSPS) is 34.0. The van der Waals surface area contributed by atoms with Gasteiger partial charge >= 0.3 is 0 Å². The average molecular weight is 349 g/mol. The van der Waals surface area contributed by atoms with Crippen LogP contribution in [0.2, 0.25) is 0 Å². The maximum absolute atomic E-state index is 13.7. The van der Waals surface area contributed by atoms with Crippen molar-refractivity contribution in [3.63, 3.8) is 0 Å². The standard InChI is InChI=1S/C18H20FNO5/c1-17(2)24-13-8-14(21)18(23)5-6-20(16(22)15(13)25-17)9-10-7-11(19)3-4-12(10)18/h3-4,7,13,15,23H,5-6,8-9H2,1-2H3. The van der Waals surface area contributed by atoms with E-state index in [2.05, 4.69) is 0 Å². The van der Waals surface area contributed by atoms with E-state index in [1.807, 2.05) is 0 Å². The summed E-state index contributed by atoms with van der Waals surface area (Å²) in [6, 6.07) is 3.93. The van der Waals surface area contributed by atoms with Gasteiger partial charge in [0, 0.05) is 25.9 Å². The van der Waals surface area contributed by atoms with Crippen molar-refractivity contribution in [1.29, 1.82) is 0 Å². The maximum Gasteiger partial charge on any atom is 0.254 e. The fraction of sp³-hybridized carbons (Fsp3) is 0.556. The van der Waals surface area contributed by atoms with E-state index in [9.17, 15) is 19.1 Å². The van der Waals surface area contributed by atoms with Crippen molar-refractivity contribution in [1.82, 2.24) is 4.90 Å². The molecule has 4 rings (SSSR count).